The zero-order chi connectivity index (χ0) is 8.43. The van der Waals surface area contributed by atoms with Gasteiger partial charge in [-0.2, -0.15) is 0 Å². The van der Waals surface area contributed by atoms with Crippen LogP contribution in [0.4, 0.5) is 0 Å². The molecule has 1 aromatic heterocycles. The largest absolute Gasteiger partial charge is 0.495 e. The van der Waals surface area contributed by atoms with Crippen molar-refractivity contribution in [2.45, 2.75) is 6.92 Å². The maximum absolute atomic E-state index is 9.17. The number of rotatable bonds is 1. The summed E-state index contributed by atoms with van der Waals surface area (Å²) in [4.78, 5) is 3.81. The Morgan fingerprint density at radius 2 is 2.27 bits per heavy atom. The van der Waals surface area contributed by atoms with Gasteiger partial charge in [-0.1, -0.05) is 0 Å². The van der Waals surface area contributed by atoms with Crippen LogP contribution in [0.25, 0.3) is 0 Å². The van der Waals surface area contributed by atoms with Crippen molar-refractivity contribution in [3.05, 3.63) is 16.2 Å². The average Bonchev–Trinajstić information content (AvgIpc) is 1.96. The fourth-order valence-corrected chi connectivity index (χ4v) is 1.13. The third-order valence-electron chi connectivity index (χ3n) is 1.25. The van der Waals surface area contributed by atoms with Gasteiger partial charge in [-0.05, 0) is 22.9 Å². The third-order valence-corrected chi connectivity index (χ3v) is 2.00. The highest BCUT2D eigenvalue weighted by Crippen LogP contribution is 2.31. The molecule has 0 aliphatic rings. The van der Waals surface area contributed by atoms with Gasteiger partial charge < -0.3 is 9.84 Å². The lowest BCUT2D eigenvalue weighted by Gasteiger charge is -2.04. The Morgan fingerprint density at radius 3 is 2.82 bits per heavy atom. The van der Waals surface area contributed by atoms with Crippen LogP contribution in [0.2, 0.25) is 0 Å². The minimum atomic E-state index is -0.0400. The zero-order valence-corrected chi connectivity index (χ0v) is 7.84. The van der Waals surface area contributed by atoms with Gasteiger partial charge in [-0.25, -0.2) is 4.98 Å². The second-order valence-electron chi connectivity index (χ2n) is 2.10. The van der Waals surface area contributed by atoms with E-state index in [4.69, 9.17) is 4.74 Å². The molecule has 0 fully saturated rings. The summed E-state index contributed by atoms with van der Waals surface area (Å²) in [5, 5.41) is 9.17. The Hall–Kier alpha value is -0.770. The first-order chi connectivity index (χ1) is 5.15. The van der Waals surface area contributed by atoms with Crippen LogP contribution in [0.5, 0.6) is 11.6 Å². The standard InChI is InChI=1S/C7H8BrNO2/c1-4-3-5(11-2)6(8)7(10)9-4/h3H,1-2H3,(H,9,10). The summed E-state index contributed by atoms with van der Waals surface area (Å²) in [5.74, 6) is 0.553. The zero-order valence-electron chi connectivity index (χ0n) is 6.26. The van der Waals surface area contributed by atoms with Crippen LogP contribution < -0.4 is 4.74 Å². The number of hydrogen-bond acceptors (Lipinski definition) is 3. The smallest absolute Gasteiger partial charge is 0.229 e. The van der Waals surface area contributed by atoms with E-state index in [1.165, 1.54) is 0 Å². The Morgan fingerprint density at radius 1 is 1.64 bits per heavy atom. The fourth-order valence-electron chi connectivity index (χ4n) is 0.760. The first-order valence-electron chi connectivity index (χ1n) is 3.05. The van der Waals surface area contributed by atoms with Crippen LogP contribution in [0, 0.1) is 6.92 Å². The summed E-state index contributed by atoms with van der Waals surface area (Å²) in [7, 11) is 1.54. The Kier molecular flexibility index (Phi) is 2.34. The van der Waals surface area contributed by atoms with Gasteiger partial charge in [-0.3, -0.25) is 0 Å². The Labute approximate surface area is 73.2 Å². The number of aromatic hydroxyl groups is 1. The average molecular weight is 218 g/mol. The summed E-state index contributed by atoms with van der Waals surface area (Å²) in [6.07, 6.45) is 0. The predicted octanol–water partition coefficient (Wildman–Crippen LogP) is 1.87. The molecule has 0 saturated heterocycles. The summed E-state index contributed by atoms with van der Waals surface area (Å²) < 4.78 is 5.45. The van der Waals surface area contributed by atoms with E-state index in [1.54, 1.807) is 20.1 Å². The fraction of sp³-hybridized carbons (Fsp3) is 0.286. The number of ether oxygens (including phenoxy) is 1. The summed E-state index contributed by atoms with van der Waals surface area (Å²) >= 11 is 3.14. The van der Waals surface area contributed by atoms with E-state index in [-0.39, 0.29) is 5.88 Å². The Balaban J connectivity index is 3.24. The van der Waals surface area contributed by atoms with E-state index >= 15 is 0 Å². The molecule has 0 radical (unpaired) electrons. The number of methoxy groups -OCH3 is 1. The van der Waals surface area contributed by atoms with Crippen molar-refractivity contribution in [1.29, 1.82) is 0 Å². The van der Waals surface area contributed by atoms with Crippen LogP contribution in [0.3, 0.4) is 0 Å². The number of aromatic nitrogens is 1. The van der Waals surface area contributed by atoms with Crippen molar-refractivity contribution < 1.29 is 9.84 Å². The molecule has 1 rings (SSSR count). The molecule has 0 aliphatic heterocycles. The minimum absolute atomic E-state index is 0.0400. The van der Waals surface area contributed by atoms with Crippen LogP contribution >= 0.6 is 15.9 Å². The number of halogens is 1. The molecule has 0 aliphatic carbocycles. The van der Waals surface area contributed by atoms with Crippen molar-refractivity contribution in [2.75, 3.05) is 7.11 Å². The van der Waals surface area contributed by atoms with Gasteiger partial charge >= 0.3 is 0 Å². The molecule has 3 nitrogen and oxygen atoms in total. The van der Waals surface area contributed by atoms with Gasteiger partial charge in [0.2, 0.25) is 5.88 Å². The summed E-state index contributed by atoms with van der Waals surface area (Å²) in [5.41, 5.74) is 0.725. The predicted molar refractivity (Wildman–Crippen MR) is 44.9 cm³/mol. The molecule has 0 amide bonds. The van der Waals surface area contributed by atoms with Crippen molar-refractivity contribution in [2.24, 2.45) is 0 Å². The van der Waals surface area contributed by atoms with Crippen molar-refractivity contribution in [3.63, 3.8) is 0 Å². The van der Waals surface area contributed by atoms with Crippen molar-refractivity contribution in [3.8, 4) is 11.6 Å². The second-order valence-corrected chi connectivity index (χ2v) is 2.90. The van der Waals surface area contributed by atoms with E-state index in [0.29, 0.717) is 10.2 Å². The molecule has 11 heavy (non-hydrogen) atoms. The lowest BCUT2D eigenvalue weighted by molar-refractivity contribution is 0.397. The molecule has 0 aromatic carbocycles. The van der Waals surface area contributed by atoms with Crippen LogP contribution in [0.15, 0.2) is 10.5 Å². The molecule has 60 valence electrons. The quantitative estimate of drug-likeness (QED) is 0.782. The van der Waals surface area contributed by atoms with Gasteiger partial charge in [-0.15, -0.1) is 0 Å². The van der Waals surface area contributed by atoms with Gasteiger partial charge in [0.25, 0.3) is 0 Å². The topological polar surface area (TPSA) is 42.4 Å². The van der Waals surface area contributed by atoms with Crippen LogP contribution in [0.1, 0.15) is 5.69 Å². The number of aryl methyl sites for hydroxylation is 1. The summed E-state index contributed by atoms with van der Waals surface area (Å²) in [6.45, 7) is 1.79. The molecule has 1 N–H and O–H groups in total. The first-order valence-corrected chi connectivity index (χ1v) is 3.84. The third kappa shape index (κ3) is 1.63. The number of nitrogens with zero attached hydrogens (tertiary/aromatic N) is 1. The molecule has 4 heteroatoms. The molecule has 0 bridgehead atoms. The van der Waals surface area contributed by atoms with Gasteiger partial charge in [0.05, 0.1) is 7.11 Å². The normalized spacial score (nSPS) is 9.73. The maximum atomic E-state index is 9.17. The van der Waals surface area contributed by atoms with E-state index < -0.39 is 0 Å². The van der Waals surface area contributed by atoms with Crippen molar-refractivity contribution >= 4 is 15.9 Å². The minimum Gasteiger partial charge on any atom is -0.495 e. The Bertz CT molecular complexity index is 275. The summed E-state index contributed by atoms with van der Waals surface area (Å²) in [6, 6.07) is 1.74. The van der Waals surface area contributed by atoms with Gasteiger partial charge in [0.15, 0.2) is 0 Å². The highest BCUT2D eigenvalue weighted by molar-refractivity contribution is 9.10. The molecule has 0 atom stereocenters. The molecule has 1 aromatic rings. The molecule has 0 unspecified atom stereocenters. The number of hydrogen-bond donors (Lipinski definition) is 1. The van der Waals surface area contributed by atoms with Crippen molar-refractivity contribution in [1.82, 2.24) is 4.98 Å². The van der Waals surface area contributed by atoms with Crippen LogP contribution in [-0.2, 0) is 0 Å². The first kappa shape index (κ1) is 8.33. The van der Waals surface area contributed by atoms with Crippen LogP contribution in [-0.4, -0.2) is 17.2 Å². The SMILES string of the molecule is COc1cc(C)nc(O)c1Br. The lowest BCUT2D eigenvalue weighted by Crippen LogP contribution is -1.89. The monoisotopic (exact) mass is 217 g/mol. The van der Waals surface area contributed by atoms with E-state index in [1.807, 2.05) is 0 Å². The molecular weight excluding hydrogens is 210 g/mol. The molecule has 1 heterocycles. The van der Waals surface area contributed by atoms with E-state index in [0.717, 1.165) is 5.69 Å². The van der Waals surface area contributed by atoms with Gasteiger partial charge in [0, 0.05) is 11.8 Å². The highest BCUT2D eigenvalue weighted by Gasteiger charge is 2.06. The van der Waals surface area contributed by atoms with E-state index in [2.05, 4.69) is 20.9 Å². The number of pyridine rings is 1. The van der Waals surface area contributed by atoms with Gasteiger partial charge in [0.1, 0.15) is 10.2 Å². The molecule has 0 spiro atoms. The second kappa shape index (κ2) is 3.09. The molecule has 0 saturated carbocycles. The maximum Gasteiger partial charge on any atom is 0.229 e. The van der Waals surface area contributed by atoms with E-state index in [9.17, 15) is 5.11 Å². The lowest BCUT2D eigenvalue weighted by atomic mass is 10.3. The highest BCUT2D eigenvalue weighted by atomic mass is 79.9. The molecular formula is C7H8BrNO2.